The van der Waals surface area contributed by atoms with E-state index in [2.05, 4.69) is 0 Å². The molecule has 2 heterocycles. The molecule has 6 heteroatoms. The molecular weight excluding hydrogens is 382 g/mol. The van der Waals surface area contributed by atoms with Crippen molar-refractivity contribution in [3.05, 3.63) is 89.2 Å². The number of rotatable bonds is 7. The van der Waals surface area contributed by atoms with Crippen molar-refractivity contribution >= 4 is 18.0 Å². The summed E-state index contributed by atoms with van der Waals surface area (Å²) in [5.74, 6) is -0.389. The predicted octanol–water partition coefficient (Wildman–Crippen LogP) is 3.04. The summed E-state index contributed by atoms with van der Waals surface area (Å²) in [5, 5.41) is 9.92. The lowest BCUT2D eigenvalue weighted by Gasteiger charge is -2.33. The van der Waals surface area contributed by atoms with Crippen LogP contribution in [0.15, 0.2) is 78.1 Å². The Kier molecular flexibility index (Phi) is 5.95. The normalized spacial score (nSPS) is 21.8. The number of carbonyl (C=O) groups excluding carboxylic acids is 2. The molecule has 2 aliphatic heterocycles. The van der Waals surface area contributed by atoms with Gasteiger partial charge in [-0.25, -0.2) is 4.79 Å². The highest BCUT2D eigenvalue weighted by molar-refractivity contribution is 5.92. The van der Waals surface area contributed by atoms with Gasteiger partial charge >= 0.3 is 5.97 Å². The number of amides is 1. The maximum absolute atomic E-state index is 12.9. The number of aliphatic hydroxyl groups excluding tert-OH is 1. The molecule has 0 bridgehead atoms. The van der Waals surface area contributed by atoms with Crippen molar-refractivity contribution in [2.75, 3.05) is 6.61 Å². The van der Waals surface area contributed by atoms with E-state index in [1.54, 1.807) is 0 Å². The molecule has 2 atom stereocenters. The van der Waals surface area contributed by atoms with E-state index in [1.807, 2.05) is 72.8 Å². The lowest BCUT2D eigenvalue weighted by atomic mass is 10.0. The number of fused-ring (bicyclic) bond motifs is 1. The molecule has 0 radical (unpaired) electrons. The molecule has 1 amide bonds. The third-order valence-electron chi connectivity index (χ3n) is 5.20. The van der Waals surface area contributed by atoms with Crippen LogP contribution in [0.5, 0.6) is 0 Å². The second-order valence-electron chi connectivity index (χ2n) is 7.22. The van der Waals surface area contributed by atoms with Gasteiger partial charge in [0.25, 0.3) is 0 Å². The zero-order valence-corrected chi connectivity index (χ0v) is 16.4. The van der Waals surface area contributed by atoms with E-state index in [0.717, 1.165) is 11.1 Å². The van der Waals surface area contributed by atoms with Crippen LogP contribution in [-0.2, 0) is 25.7 Å². The van der Waals surface area contributed by atoms with Crippen molar-refractivity contribution in [3.63, 3.8) is 0 Å². The molecule has 2 fully saturated rings. The minimum Gasteiger partial charge on any atom is -0.471 e. The molecule has 0 saturated carbocycles. The van der Waals surface area contributed by atoms with Crippen LogP contribution in [0, 0.1) is 0 Å². The molecule has 4 rings (SSSR count). The lowest BCUT2D eigenvalue weighted by molar-refractivity contribution is -0.166. The lowest BCUT2D eigenvalue weighted by Crippen LogP contribution is -2.55. The van der Waals surface area contributed by atoms with Crippen LogP contribution in [0.3, 0.4) is 0 Å². The van der Waals surface area contributed by atoms with Crippen molar-refractivity contribution < 1.29 is 24.2 Å². The summed E-state index contributed by atoms with van der Waals surface area (Å²) < 4.78 is 11.3. The summed E-state index contributed by atoms with van der Waals surface area (Å²) >= 11 is 0. The minimum absolute atomic E-state index is 0.110. The molecule has 2 aliphatic rings. The molecule has 2 aromatic carbocycles. The van der Waals surface area contributed by atoms with Crippen molar-refractivity contribution in [3.8, 4) is 0 Å². The van der Waals surface area contributed by atoms with Gasteiger partial charge in [-0.1, -0.05) is 72.8 Å². The Balaban J connectivity index is 1.52. The molecule has 2 aromatic rings. The van der Waals surface area contributed by atoms with Gasteiger partial charge in [0.2, 0.25) is 5.91 Å². The highest BCUT2D eigenvalue weighted by Crippen LogP contribution is 2.39. The van der Waals surface area contributed by atoms with Crippen molar-refractivity contribution in [2.24, 2.45) is 0 Å². The van der Waals surface area contributed by atoms with Gasteiger partial charge in [-0.2, -0.15) is 0 Å². The first-order chi connectivity index (χ1) is 14.7. The van der Waals surface area contributed by atoms with Gasteiger partial charge in [-0.3, -0.25) is 9.69 Å². The van der Waals surface area contributed by atoms with Gasteiger partial charge < -0.3 is 14.6 Å². The third kappa shape index (κ3) is 4.14. The second kappa shape index (κ2) is 8.97. The second-order valence-corrected chi connectivity index (χ2v) is 7.22. The van der Waals surface area contributed by atoms with E-state index in [-0.39, 0.29) is 25.5 Å². The minimum atomic E-state index is -0.952. The number of β-lactam (4-membered cyclic amide) rings is 1. The number of esters is 1. The summed E-state index contributed by atoms with van der Waals surface area (Å²) in [6, 6.07) is 18.2. The van der Waals surface area contributed by atoms with Crippen LogP contribution in [0.25, 0.3) is 6.08 Å². The predicted molar refractivity (Wildman–Crippen MR) is 111 cm³/mol. The SMILES string of the molecule is O=C(OCc1ccccc1)C1/C(=C(/CO)C/C=C/c2ccccc2)O[C@@H]2CC(=O)N12. The maximum Gasteiger partial charge on any atom is 0.337 e. The summed E-state index contributed by atoms with van der Waals surface area (Å²) in [5.41, 5.74) is 2.45. The van der Waals surface area contributed by atoms with Crippen molar-refractivity contribution in [2.45, 2.75) is 31.7 Å². The number of allylic oxidation sites excluding steroid dienone is 1. The van der Waals surface area contributed by atoms with E-state index >= 15 is 0 Å². The number of nitrogens with zero attached hydrogens (tertiary/aromatic N) is 1. The van der Waals surface area contributed by atoms with Gasteiger partial charge in [-0.05, 0) is 23.1 Å². The Bertz CT molecular complexity index is 968. The standard InChI is InChI=1S/C24H23NO5/c26-15-19(13-7-12-17-8-3-1-4-9-17)23-22(25-20(27)14-21(25)30-23)24(28)29-16-18-10-5-2-6-11-18/h1-12,21-22,26H,13-16H2/b12-7+,23-19-/t21-,22?/m1/s1. The molecule has 0 aliphatic carbocycles. The molecule has 6 nitrogen and oxygen atoms in total. The van der Waals surface area contributed by atoms with Crippen LogP contribution in [0.1, 0.15) is 24.0 Å². The van der Waals surface area contributed by atoms with Gasteiger partial charge in [0.15, 0.2) is 12.3 Å². The first-order valence-corrected chi connectivity index (χ1v) is 9.90. The van der Waals surface area contributed by atoms with Crippen LogP contribution < -0.4 is 0 Å². The van der Waals surface area contributed by atoms with Crippen molar-refractivity contribution in [1.29, 1.82) is 0 Å². The topological polar surface area (TPSA) is 76.1 Å². The number of aliphatic hydroxyl groups is 1. The number of carbonyl (C=O) groups is 2. The van der Waals surface area contributed by atoms with Crippen LogP contribution in [0.4, 0.5) is 0 Å². The number of hydrogen-bond acceptors (Lipinski definition) is 5. The molecule has 154 valence electrons. The Hall–Kier alpha value is -3.38. The van der Waals surface area contributed by atoms with E-state index in [1.165, 1.54) is 4.90 Å². The van der Waals surface area contributed by atoms with Gasteiger partial charge in [0, 0.05) is 0 Å². The summed E-state index contributed by atoms with van der Waals surface area (Å²) in [6.45, 7) is -0.163. The largest absolute Gasteiger partial charge is 0.471 e. The first kappa shape index (κ1) is 19.9. The fraction of sp³-hybridized carbons (Fsp3) is 0.250. The van der Waals surface area contributed by atoms with E-state index in [9.17, 15) is 14.7 Å². The summed E-state index contributed by atoms with van der Waals surface area (Å²) in [6.07, 6.45) is 4.00. The van der Waals surface area contributed by atoms with Crippen molar-refractivity contribution in [1.82, 2.24) is 4.90 Å². The first-order valence-electron chi connectivity index (χ1n) is 9.90. The Morgan fingerprint density at radius 2 is 1.83 bits per heavy atom. The van der Waals surface area contributed by atoms with E-state index in [0.29, 0.717) is 17.8 Å². The molecule has 1 N–H and O–H groups in total. The molecule has 30 heavy (non-hydrogen) atoms. The zero-order valence-electron chi connectivity index (χ0n) is 16.4. The summed E-state index contributed by atoms with van der Waals surface area (Å²) in [4.78, 5) is 26.3. The molecule has 0 aromatic heterocycles. The third-order valence-corrected chi connectivity index (χ3v) is 5.20. The quantitative estimate of drug-likeness (QED) is 0.566. The fourth-order valence-corrected chi connectivity index (χ4v) is 3.60. The van der Waals surface area contributed by atoms with Crippen LogP contribution in [0.2, 0.25) is 0 Å². The van der Waals surface area contributed by atoms with Gasteiger partial charge in [-0.15, -0.1) is 0 Å². The number of benzene rings is 2. The molecular formula is C24H23NO5. The van der Waals surface area contributed by atoms with Gasteiger partial charge in [0.05, 0.1) is 13.0 Å². The Morgan fingerprint density at radius 1 is 1.13 bits per heavy atom. The smallest absolute Gasteiger partial charge is 0.337 e. The Labute approximate surface area is 175 Å². The summed E-state index contributed by atoms with van der Waals surface area (Å²) in [7, 11) is 0. The molecule has 2 saturated heterocycles. The van der Waals surface area contributed by atoms with Crippen LogP contribution in [-0.4, -0.2) is 40.8 Å². The highest BCUT2D eigenvalue weighted by Gasteiger charge is 2.55. The number of hydrogen-bond donors (Lipinski definition) is 1. The average Bonchev–Trinajstić information content (AvgIpc) is 3.09. The highest BCUT2D eigenvalue weighted by atomic mass is 16.6. The zero-order chi connectivity index (χ0) is 20.9. The Morgan fingerprint density at radius 3 is 2.50 bits per heavy atom. The van der Waals surface area contributed by atoms with Crippen LogP contribution >= 0.6 is 0 Å². The molecule has 0 spiro atoms. The van der Waals surface area contributed by atoms with E-state index < -0.39 is 18.2 Å². The molecule has 1 unspecified atom stereocenters. The van der Waals surface area contributed by atoms with Gasteiger partial charge in [0.1, 0.15) is 12.4 Å². The monoisotopic (exact) mass is 405 g/mol. The average molecular weight is 405 g/mol. The maximum atomic E-state index is 12.9. The van der Waals surface area contributed by atoms with E-state index in [4.69, 9.17) is 9.47 Å². The fourth-order valence-electron chi connectivity index (χ4n) is 3.60. The number of ether oxygens (including phenoxy) is 2.